The van der Waals surface area contributed by atoms with Crippen LogP contribution in [0.3, 0.4) is 0 Å². The standard InChI is InChI=1S/C29H38N2O2/c1-21(30(20-22-8-3-2-4-9-22)29(33)23-10-5-6-11-23)19-31-26-14-15-27(31)17-25(16-26)24-12-7-13-28(32)18-24/h2-4,7-9,12-13,18,21,23,25-27,32H,5-6,10-11,14-17,19-20H2,1H3/t21-,25?,26-,27+/m1/s1. The van der Waals surface area contributed by atoms with Crippen LogP contribution in [0, 0.1) is 5.92 Å². The van der Waals surface area contributed by atoms with E-state index in [9.17, 15) is 9.90 Å². The van der Waals surface area contributed by atoms with E-state index in [0.29, 0.717) is 36.2 Å². The summed E-state index contributed by atoms with van der Waals surface area (Å²) in [6.07, 6.45) is 9.30. The predicted molar refractivity (Wildman–Crippen MR) is 132 cm³/mol. The molecule has 2 heterocycles. The molecule has 3 aliphatic rings. The lowest BCUT2D eigenvalue weighted by molar-refractivity contribution is -0.138. The van der Waals surface area contributed by atoms with E-state index in [0.717, 1.165) is 32.2 Å². The minimum absolute atomic E-state index is 0.207. The Morgan fingerprint density at radius 2 is 1.70 bits per heavy atom. The van der Waals surface area contributed by atoms with Gasteiger partial charge in [-0.3, -0.25) is 9.69 Å². The van der Waals surface area contributed by atoms with Crippen LogP contribution < -0.4 is 0 Å². The average molecular weight is 447 g/mol. The largest absolute Gasteiger partial charge is 0.508 e. The van der Waals surface area contributed by atoms with Crippen LogP contribution in [0.2, 0.25) is 0 Å². The second-order valence-electron chi connectivity index (χ2n) is 10.6. The van der Waals surface area contributed by atoms with Gasteiger partial charge in [0.05, 0.1) is 0 Å². The minimum Gasteiger partial charge on any atom is -0.508 e. The van der Waals surface area contributed by atoms with Gasteiger partial charge < -0.3 is 10.0 Å². The molecule has 4 atom stereocenters. The Bertz CT molecular complexity index is 926. The number of hydrogen-bond donors (Lipinski definition) is 1. The number of piperidine rings is 1. The number of fused-ring (bicyclic) bond motifs is 2. The van der Waals surface area contributed by atoms with Crippen LogP contribution >= 0.6 is 0 Å². The molecule has 33 heavy (non-hydrogen) atoms. The Labute approximate surface area is 198 Å². The lowest BCUT2D eigenvalue weighted by atomic mass is 9.84. The molecule has 0 spiro atoms. The molecule has 0 aromatic heterocycles. The van der Waals surface area contributed by atoms with Crippen molar-refractivity contribution in [2.24, 2.45) is 5.92 Å². The third-order valence-electron chi connectivity index (χ3n) is 8.42. The SMILES string of the molecule is C[C@H](CN1[C@@H]2CC[C@H]1CC(c1cccc(O)c1)C2)N(Cc1ccccc1)C(=O)C1CCCC1. The van der Waals surface area contributed by atoms with Crippen molar-refractivity contribution in [1.82, 2.24) is 9.80 Å². The van der Waals surface area contributed by atoms with E-state index in [2.05, 4.69) is 47.1 Å². The van der Waals surface area contributed by atoms with Crippen LogP contribution in [-0.4, -0.2) is 45.5 Å². The van der Waals surface area contributed by atoms with E-state index in [1.807, 2.05) is 18.2 Å². The van der Waals surface area contributed by atoms with Crippen molar-refractivity contribution in [1.29, 1.82) is 0 Å². The molecule has 5 rings (SSSR count). The molecule has 2 aromatic rings. The first-order chi connectivity index (χ1) is 16.1. The molecular formula is C29H38N2O2. The summed E-state index contributed by atoms with van der Waals surface area (Å²) in [5, 5.41) is 9.94. The molecule has 1 N–H and O–H groups in total. The summed E-state index contributed by atoms with van der Waals surface area (Å²) in [6.45, 7) is 3.94. The van der Waals surface area contributed by atoms with E-state index < -0.39 is 0 Å². The minimum atomic E-state index is 0.207. The van der Waals surface area contributed by atoms with Crippen LogP contribution in [0.5, 0.6) is 5.75 Å². The molecule has 2 aromatic carbocycles. The van der Waals surface area contributed by atoms with Gasteiger partial charge in [0, 0.05) is 37.1 Å². The van der Waals surface area contributed by atoms with E-state index in [4.69, 9.17) is 0 Å². The molecule has 4 heteroatoms. The van der Waals surface area contributed by atoms with Gasteiger partial charge in [0.25, 0.3) is 0 Å². The molecule has 1 saturated carbocycles. The third kappa shape index (κ3) is 4.96. The van der Waals surface area contributed by atoms with Crippen LogP contribution in [0.15, 0.2) is 54.6 Å². The zero-order valence-corrected chi connectivity index (χ0v) is 19.9. The van der Waals surface area contributed by atoms with Gasteiger partial charge in [0.15, 0.2) is 0 Å². The number of nitrogens with zero attached hydrogens (tertiary/aromatic N) is 2. The Balaban J connectivity index is 1.29. The fourth-order valence-electron chi connectivity index (χ4n) is 6.67. The Hall–Kier alpha value is -2.33. The number of phenolic OH excluding ortho intramolecular Hbond substituents is 1. The zero-order chi connectivity index (χ0) is 22.8. The van der Waals surface area contributed by atoms with Crippen LogP contribution in [0.1, 0.15) is 75.3 Å². The molecule has 2 bridgehead atoms. The van der Waals surface area contributed by atoms with Gasteiger partial charge in [-0.15, -0.1) is 0 Å². The molecular weight excluding hydrogens is 408 g/mol. The molecule has 2 saturated heterocycles. The monoisotopic (exact) mass is 446 g/mol. The van der Waals surface area contributed by atoms with Gasteiger partial charge >= 0.3 is 0 Å². The number of rotatable bonds is 7. The number of carbonyl (C=O) groups excluding carboxylic acids is 1. The second-order valence-corrected chi connectivity index (χ2v) is 10.6. The Kier molecular flexibility index (Phi) is 6.73. The number of benzene rings is 2. The van der Waals surface area contributed by atoms with E-state index in [1.54, 1.807) is 6.07 Å². The summed E-state index contributed by atoms with van der Waals surface area (Å²) < 4.78 is 0. The molecule has 1 aliphatic carbocycles. The zero-order valence-electron chi connectivity index (χ0n) is 19.9. The van der Waals surface area contributed by atoms with Crippen molar-refractivity contribution in [3.63, 3.8) is 0 Å². The molecule has 1 amide bonds. The van der Waals surface area contributed by atoms with Crippen LogP contribution in [0.4, 0.5) is 0 Å². The summed E-state index contributed by atoms with van der Waals surface area (Å²) in [5.41, 5.74) is 2.50. The smallest absolute Gasteiger partial charge is 0.226 e. The van der Waals surface area contributed by atoms with Crippen molar-refractivity contribution in [2.45, 2.75) is 88.9 Å². The first kappa shape index (κ1) is 22.5. The van der Waals surface area contributed by atoms with Crippen molar-refractivity contribution in [3.8, 4) is 5.75 Å². The van der Waals surface area contributed by atoms with Crippen LogP contribution in [-0.2, 0) is 11.3 Å². The lowest BCUT2D eigenvalue weighted by Gasteiger charge is -2.42. The van der Waals surface area contributed by atoms with Crippen molar-refractivity contribution in [3.05, 3.63) is 65.7 Å². The Morgan fingerprint density at radius 1 is 1.00 bits per heavy atom. The maximum Gasteiger partial charge on any atom is 0.226 e. The molecule has 4 nitrogen and oxygen atoms in total. The average Bonchev–Trinajstić information content (AvgIpc) is 3.43. The highest BCUT2D eigenvalue weighted by Crippen LogP contribution is 2.43. The van der Waals surface area contributed by atoms with Crippen LogP contribution in [0.25, 0.3) is 0 Å². The lowest BCUT2D eigenvalue weighted by Crippen LogP contribution is -2.51. The van der Waals surface area contributed by atoms with Gasteiger partial charge in [-0.05, 0) is 74.6 Å². The summed E-state index contributed by atoms with van der Waals surface area (Å²) in [6, 6.07) is 19.7. The van der Waals surface area contributed by atoms with Crippen molar-refractivity contribution in [2.75, 3.05) is 6.54 Å². The maximum atomic E-state index is 13.6. The van der Waals surface area contributed by atoms with E-state index in [1.165, 1.54) is 36.8 Å². The molecule has 1 unspecified atom stereocenters. The summed E-state index contributed by atoms with van der Waals surface area (Å²) in [7, 11) is 0. The highest BCUT2D eigenvalue weighted by molar-refractivity contribution is 5.79. The van der Waals surface area contributed by atoms with Gasteiger partial charge in [-0.2, -0.15) is 0 Å². The molecule has 3 fully saturated rings. The van der Waals surface area contributed by atoms with Gasteiger partial charge in [0.2, 0.25) is 5.91 Å². The summed E-state index contributed by atoms with van der Waals surface area (Å²) in [5.74, 6) is 1.48. The number of hydrogen-bond acceptors (Lipinski definition) is 3. The maximum absolute atomic E-state index is 13.6. The van der Waals surface area contributed by atoms with Gasteiger partial charge in [-0.25, -0.2) is 0 Å². The van der Waals surface area contributed by atoms with E-state index in [-0.39, 0.29) is 12.0 Å². The number of aromatic hydroxyl groups is 1. The normalized spacial score (nSPS) is 26.4. The fraction of sp³-hybridized carbons (Fsp3) is 0.552. The first-order valence-corrected chi connectivity index (χ1v) is 13.0. The fourth-order valence-corrected chi connectivity index (χ4v) is 6.67. The topological polar surface area (TPSA) is 43.8 Å². The quantitative estimate of drug-likeness (QED) is 0.592. The number of amides is 1. The molecule has 176 valence electrons. The van der Waals surface area contributed by atoms with E-state index >= 15 is 0 Å². The predicted octanol–water partition coefficient (Wildman–Crippen LogP) is 5.71. The second kappa shape index (κ2) is 9.89. The summed E-state index contributed by atoms with van der Waals surface area (Å²) >= 11 is 0. The highest BCUT2D eigenvalue weighted by Gasteiger charge is 2.42. The Morgan fingerprint density at radius 3 is 2.36 bits per heavy atom. The number of phenols is 1. The van der Waals surface area contributed by atoms with Gasteiger partial charge in [-0.1, -0.05) is 55.3 Å². The third-order valence-corrected chi connectivity index (χ3v) is 8.42. The first-order valence-electron chi connectivity index (χ1n) is 13.0. The van der Waals surface area contributed by atoms with Gasteiger partial charge in [0.1, 0.15) is 5.75 Å². The highest BCUT2D eigenvalue weighted by atomic mass is 16.3. The molecule has 2 aliphatic heterocycles. The van der Waals surface area contributed by atoms with Crippen molar-refractivity contribution >= 4 is 5.91 Å². The number of carbonyl (C=O) groups is 1. The summed E-state index contributed by atoms with van der Waals surface area (Å²) in [4.78, 5) is 18.5. The van der Waals surface area contributed by atoms with Crippen molar-refractivity contribution < 1.29 is 9.90 Å². The molecule has 0 radical (unpaired) electrons.